The molecule has 9 nitrogen and oxygen atoms in total. The van der Waals surface area contributed by atoms with Gasteiger partial charge in [-0.1, -0.05) is 15.9 Å². The Bertz CT molecular complexity index is 739. The van der Waals surface area contributed by atoms with E-state index in [0.29, 0.717) is 17.7 Å². The number of rotatable bonds is 10. The third-order valence-electron chi connectivity index (χ3n) is 3.67. The summed E-state index contributed by atoms with van der Waals surface area (Å²) in [6.07, 6.45) is 0. The van der Waals surface area contributed by atoms with Crippen LogP contribution in [-0.4, -0.2) is 75.1 Å². The van der Waals surface area contributed by atoms with Crippen LogP contribution in [0.15, 0.2) is 22.7 Å². The minimum Gasteiger partial charge on any atom is -0.382 e. The van der Waals surface area contributed by atoms with Gasteiger partial charge in [0.05, 0.1) is 24.3 Å². The van der Waals surface area contributed by atoms with Gasteiger partial charge in [0, 0.05) is 24.7 Å². The fraction of sp³-hybridized carbons (Fsp3) is 0.412. The quantitative estimate of drug-likeness (QED) is 0.388. The Morgan fingerprint density at radius 2 is 1.70 bits per heavy atom. The van der Waals surface area contributed by atoms with E-state index in [0.717, 1.165) is 4.90 Å². The average molecular weight is 442 g/mol. The van der Waals surface area contributed by atoms with Crippen LogP contribution in [0.3, 0.4) is 0 Å². The molecule has 10 heteroatoms. The first-order valence-corrected chi connectivity index (χ1v) is 8.99. The zero-order valence-electron chi connectivity index (χ0n) is 14.7. The number of nitrogens with one attached hydrogen (secondary N) is 2. The van der Waals surface area contributed by atoms with Crippen LogP contribution in [0, 0.1) is 0 Å². The molecule has 0 bridgehead atoms. The summed E-state index contributed by atoms with van der Waals surface area (Å²) in [7, 11) is 1.53. The highest BCUT2D eigenvalue weighted by molar-refractivity contribution is 9.10. The number of nitrogens with zero attached hydrogens (tertiary/aromatic N) is 1. The first-order valence-electron chi connectivity index (χ1n) is 8.20. The molecule has 0 saturated heterocycles. The summed E-state index contributed by atoms with van der Waals surface area (Å²) >= 11 is 3.25. The molecule has 1 aromatic carbocycles. The fourth-order valence-electron chi connectivity index (χ4n) is 2.37. The second-order valence-corrected chi connectivity index (χ2v) is 6.55. The number of amides is 4. The van der Waals surface area contributed by atoms with Gasteiger partial charge in [0.2, 0.25) is 11.8 Å². The molecule has 4 amide bonds. The van der Waals surface area contributed by atoms with E-state index in [4.69, 9.17) is 9.47 Å². The van der Waals surface area contributed by atoms with E-state index in [1.54, 1.807) is 18.2 Å². The Hall–Kier alpha value is -2.30. The van der Waals surface area contributed by atoms with Gasteiger partial charge in [0.1, 0.15) is 13.2 Å². The topological polar surface area (TPSA) is 114 Å². The largest absolute Gasteiger partial charge is 0.382 e. The van der Waals surface area contributed by atoms with Crippen molar-refractivity contribution in [3.05, 3.63) is 33.8 Å². The minimum atomic E-state index is -0.507. The van der Waals surface area contributed by atoms with Crippen molar-refractivity contribution >= 4 is 39.6 Å². The van der Waals surface area contributed by atoms with Crippen molar-refractivity contribution in [2.45, 2.75) is 0 Å². The van der Waals surface area contributed by atoms with E-state index in [2.05, 4.69) is 26.6 Å². The lowest BCUT2D eigenvalue weighted by Gasteiger charge is -2.13. The van der Waals surface area contributed by atoms with Crippen LogP contribution in [0.5, 0.6) is 0 Å². The van der Waals surface area contributed by atoms with Gasteiger partial charge in [0.25, 0.3) is 11.8 Å². The van der Waals surface area contributed by atoms with Gasteiger partial charge in [-0.3, -0.25) is 24.1 Å². The third-order valence-corrected chi connectivity index (χ3v) is 4.16. The van der Waals surface area contributed by atoms with Crippen LogP contribution in [-0.2, 0) is 19.1 Å². The second-order valence-electron chi connectivity index (χ2n) is 5.63. The van der Waals surface area contributed by atoms with Crippen LogP contribution >= 0.6 is 15.9 Å². The molecule has 2 N–H and O–H groups in total. The highest BCUT2D eigenvalue weighted by Gasteiger charge is 2.36. The van der Waals surface area contributed by atoms with Crippen molar-refractivity contribution < 1.29 is 28.7 Å². The van der Waals surface area contributed by atoms with Gasteiger partial charge < -0.3 is 20.1 Å². The second kappa shape index (κ2) is 10.1. The van der Waals surface area contributed by atoms with Crippen LogP contribution in [0.25, 0.3) is 0 Å². The summed E-state index contributed by atoms with van der Waals surface area (Å²) in [5.41, 5.74) is 0.541. The molecule has 27 heavy (non-hydrogen) atoms. The minimum absolute atomic E-state index is 0.0953. The third kappa shape index (κ3) is 5.84. The van der Waals surface area contributed by atoms with E-state index in [9.17, 15) is 19.2 Å². The molecular weight excluding hydrogens is 422 g/mol. The predicted octanol–water partition coefficient (Wildman–Crippen LogP) is -0.0595. The lowest BCUT2D eigenvalue weighted by Crippen LogP contribution is -2.43. The van der Waals surface area contributed by atoms with Gasteiger partial charge in [-0.25, -0.2) is 0 Å². The first kappa shape index (κ1) is 21.0. The van der Waals surface area contributed by atoms with Crippen molar-refractivity contribution in [1.82, 2.24) is 15.5 Å². The molecular formula is C17H20BrN3O6. The Labute approximate surface area is 164 Å². The molecule has 0 fully saturated rings. The summed E-state index contributed by atoms with van der Waals surface area (Å²) in [6, 6.07) is 4.76. The van der Waals surface area contributed by atoms with Gasteiger partial charge in [-0.2, -0.15) is 0 Å². The van der Waals surface area contributed by atoms with Crippen LogP contribution in [0.4, 0.5) is 0 Å². The number of hydrogen-bond acceptors (Lipinski definition) is 6. The zero-order chi connectivity index (χ0) is 19.8. The smallest absolute Gasteiger partial charge is 0.262 e. The maximum atomic E-state index is 12.3. The molecule has 0 unspecified atom stereocenters. The molecule has 0 spiro atoms. The maximum Gasteiger partial charge on any atom is 0.262 e. The number of ether oxygens (including phenoxy) is 2. The number of carbonyl (C=O) groups excluding carboxylic acids is 4. The Morgan fingerprint density at radius 3 is 2.41 bits per heavy atom. The lowest BCUT2D eigenvalue weighted by atomic mass is 10.1. The maximum absolute atomic E-state index is 12.3. The normalized spacial score (nSPS) is 12.9. The van der Waals surface area contributed by atoms with E-state index in [1.165, 1.54) is 7.11 Å². The van der Waals surface area contributed by atoms with E-state index < -0.39 is 17.7 Å². The van der Waals surface area contributed by atoms with Crippen molar-refractivity contribution in [2.24, 2.45) is 0 Å². The highest BCUT2D eigenvalue weighted by atomic mass is 79.9. The van der Waals surface area contributed by atoms with Gasteiger partial charge >= 0.3 is 0 Å². The van der Waals surface area contributed by atoms with Gasteiger partial charge in [-0.15, -0.1) is 0 Å². The van der Waals surface area contributed by atoms with E-state index in [-0.39, 0.29) is 43.3 Å². The Kier molecular flexibility index (Phi) is 7.89. The Morgan fingerprint density at radius 1 is 1.04 bits per heavy atom. The monoisotopic (exact) mass is 441 g/mol. The van der Waals surface area contributed by atoms with Crippen molar-refractivity contribution in [3.63, 3.8) is 0 Å². The summed E-state index contributed by atoms with van der Waals surface area (Å²) in [4.78, 5) is 48.9. The first-order chi connectivity index (χ1) is 12.9. The zero-order valence-corrected chi connectivity index (χ0v) is 16.3. The molecule has 0 atom stereocenters. The molecule has 1 aliphatic heterocycles. The van der Waals surface area contributed by atoms with Gasteiger partial charge in [-0.05, 0) is 18.2 Å². The molecule has 0 aliphatic carbocycles. The number of imide groups is 1. The number of hydrogen-bond donors (Lipinski definition) is 2. The summed E-state index contributed by atoms with van der Waals surface area (Å²) < 4.78 is 10.5. The van der Waals surface area contributed by atoms with E-state index in [1.807, 2.05) is 0 Å². The highest BCUT2D eigenvalue weighted by Crippen LogP contribution is 2.25. The number of halogens is 1. The molecule has 146 valence electrons. The number of carbonyl (C=O) groups is 4. The Balaban J connectivity index is 1.70. The number of fused-ring (bicyclic) bond motifs is 1. The van der Waals surface area contributed by atoms with E-state index >= 15 is 0 Å². The summed E-state index contributed by atoms with van der Waals surface area (Å²) in [5.74, 6) is -1.81. The van der Waals surface area contributed by atoms with Crippen LogP contribution in [0.1, 0.15) is 20.7 Å². The summed E-state index contributed by atoms with van der Waals surface area (Å²) in [5, 5.41) is 5.13. The summed E-state index contributed by atoms with van der Waals surface area (Å²) in [6.45, 7) is 0.611. The lowest BCUT2D eigenvalue weighted by molar-refractivity contribution is -0.126. The fourth-order valence-corrected chi connectivity index (χ4v) is 2.73. The van der Waals surface area contributed by atoms with Crippen molar-refractivity contribution in [2.75, 3.05) is 46.6 Å². The van der Waals surface area contributed by atoms with Gasteiger partial charge in [0.15, 0.2) is 0 Å². The van der Waals surface area contributed by atoms with Crippen LogP contribution in [0.2, 0.25) is 0 Å². The standard InChI is InChI=1S/C17H20BrN3O6/c1-26-6-7-27-10-15(23)20-5-4-19-14(22)9-21-16(24)12-3-2-11(18)8-13(12)17(21)25/h2-3,8H,4-7,9-10H2,1H3,(H,19,22)(H,20,23). The van der Waals surface area contributed by atoms with Crippen molar-refractivity contribution in [3.8, 4) is 0 Å². The molecule has 0 saturated carbocycles. The number of methoxy groups -OCH3 is 1. The SMILES string of the molecule is COCCOCC(=O)NCCNC(=O)CN1C(=O)c2ccc(Br)cc2C1=O. The molecule has 1 heterocycles. The van der Waals surface area contributed by atoms with Crippen molar-refractivity contribution in [1.29, 1.82) is 0 Å². The molecule has 0 radical (unpaired) electrons. The van der Waals surface area contributed by atoms with Crippen LogP contribution < -0.4 is 10.6 Å². The molecule has 2 rings (SSSR count). The number of benzene rings is 1. The average Bonchev–Trinajstić information content (AvgIpc) is 2.87. The molecule has 1 aromatic rings. The molecule has 1 aliphatic rings. The molecule has 0 aromatic heterocycles. The predicted molar refractivity (Wildman–Crippen MR) is 98.2 cm³/mol.